The van der Waals surface area contributed by atoms with Crippen molar-refractivity contribution in [1.29, 1.82) is 0 Å². The maximum Gasteiger partial charge on any atom is 0.245 e. The Morgan fingerprint density at radius 3 is 2.35 bits per heavy atom. The molecule has 0 aliphatic carbocycles. The zero-order valence-corrected chi connectivity index (χ0v) is 18.3. The maximum absolute atomic E-state index is 13.6. The first kappa shape index (κ1) is 21.6. The van der Waals surface area contributed by atoms with Crippen LogP contribution in [0.5, 0.6) is 0 Å². The number of nitrogens with two attached hydrogens (primary N) is 1. The minimum absolute atomic E-state index is 0.0707. The van der Waals surface area contributed by atoms with E-state index in [1.807, 2.05) is 11.8 Å². The molecule has 166 valence electrons. The number of aryl methyl sites for hydroxylation is 1. The Morgan fingerprint density at radius 1 is 1.03 bits per heavy atom. The summed E-state index contributed by atoms with van der Waals surface area (Å²) < 4.78 is 36.4. The number of fused-ring (bicyclic) bond motifs is 1. The monoisotopic (exact) mass is 446 g/mol. The second-order valence-electron chi connectivity index (χ2n) is 8.10. The van der Waals surface area contributed by atoms with E-state index in [4.69, 9.17) is 5.14 Å². The Balaban J connectivity index is 1.40. The van der Waals surface area contributed by atoms with Crippen molar-refractivity contribution >= 4 is 27.3 Å². The van der Waals surface area contributed by atoms with Gasteiger partial charge >= 0.3 is 0 Å². The Labute approximate surface area is 182 Å². The van der Waals surface area contributed by atoms with E-state index >= 15 is 0 Å². The number of nitrogens with zero attached hydrogens (tertiary/aromatic N) is 3. The summed E-state index contributed by atoms with van der Waals surface area (Å²) in [6, 6.07) is 11.0. The molecule has 1 fully saturated rings. The molecule has 1 saturated heterocycles. The Bertz CT molecular complexity index is 1070. The van der Waals surface area contributed by atoms with Gasteiger partial charge in [0.15, 0.2) is 0 Å². The largest absolute Gasteiger partial charge is 0.368 e. The molecule has 4 rings (SSSR count). The average molecular weight is 447 g/mol. The molecular formula is C22H27FN4O3S. The molecule has 0 spiro atoms. The first-order valence-corrected chi connectivity index (χ1v) is 12.0. The number of carbonyl (C=O) groups excluding carboxylic acids is 1. The third-order valence-corrected chi connectivity index (χ3v) is 7.07. The molecule has 1 atom stereocenters. The van der Waals surface area contributed by atoms with Crippen LogP contribution in [-0.4, -0.2) is 58.0 Å². The lowest BCUT2D eigenvalue weighted by atomic mass is 9.99. The highest BCUT2D eigenvalue weighted by atomic mass is 32.2. The van der Waals surface area contributed by atoms with Crippen molar-refractivity contribution in [2.75, 3.05) is 42.5 Å². The van der Waals surface area contributed by atoms with Crippen molar-refractivity contribution < 1.29 is 17.6 Å². The zero-order chi connectivity index (χ0) is 22.2. The van der Waals surface area contributed by atoms with Gasteiger partial charge in [0.1, 0.15) is 11.9 Å². The molecule has 2 N–H and O–H groups in total. The minimum atomic E-state index is -3.71. The highest BCUT2D eigenvalue weighted by molar-refractivity contribution is 7.89. The molecule has 2 aromatic rings. The Hall–Kier alpha value is -2.65. The minimum Gasteiger partial charge on any atom is -0.368 e. The van der Waals surface area contributed by atoms with Gasteiger partial charge in [0.25, 0.3) is 0 Å². The van der Waals surface area contributed by atoms with Crippen molar-refractivity contribution in [3.63, 3.8) is 0 Å². The highest BCUT2D eigenvalue weighted by Crippen LogP contribution is 2.30. The van der Waals surface area contributed by atoms with E-state index in [1.165, 1.54) is 18.2 Å². The number of piperazine rings is 1. The van der Waals surface area contributed by atoms with E-state index in [1.54, 1.807) is 24.3 Å². The summed E-state index contributed by atoms with van der Waals surface area (Å²) in [5.74, 6) is -0.172. The van der Waals surface area contributed by atoms with Crippen LogP contribution in [0.3, 0.4) is 0 Å². The molecule has 2 heterocycles. The van der Waals surface area contributed by atoms with Crippen molar-refractivity contribution in [3.05, 3.63) is 53.8 Å². The molecule has 0 aromatic heterocycles. The SMILES string of the molecule is CC(C(=O)N1CCN(c2ccc(S(N)(=O)=O)cc2)CC1)N1CCCc2cc(F)ccc21. The summed E-state index contributed by atoms with van der Waals surface area (Å²) in [6.45, 7) is 5.19. The van der Waals surface area contributed by atoms with Crippen LogP contribution < -0.4 is 14.9 Å². The van der Waals surface area contributed by atoms with Crippen molar-refractivity contribution in [2.24, 2.45) is 5.14 Å². The third kappa shape index (κ3) is 4.52. The van der Waals surface area contributed by atoms with Gasteiger partial charge in [-0.25, -0.2) is 17.9 Å². The summed E-state index contributed by atoms with van der Waals surface area (Å²) in [5, 5.41) is 5.16. The number of halogens is 1. The van der Waals surface area contributed by atoms with E-state index in [9.17, 15) is 17.6 Å². The topological polar surface area (TPSA) is 87.0 Å². The maximum atomic E-state index is 13.6. The van der Waals surface area contributed by atoms with Crippen LogP contribution >= 0.6 is 0 Å². The number of carbonyl (C=O) groups is 1. The van der Waals surface area contributed by atoms with Gasteiger partial charge in [-0.2, -0.15) is 0 Å². The van der Waals surface area contributed by atoms with E-state index in [2.05, 4.69) is 9.80 Å². The fourth-order valence-electron chi connectivity index (χ4n) is 4.43. The predicted molar refractivity (Wildman–Crippen MR) is 118 cm³/mol. The summed E-state index contributed by atoms with van der Waals surface area (Å²) in [4.78, 5) is 19.3. The fraction of sp³-hybridized carbons (Fsp3) is 0.409. The number of primary sulfonamides is 1. The zero-order valence-electron chi connectivity index (χ0n) is 17.5. The van der Waals surface area contributed by atoms with E-state index in [-0.39, 0.29) is 22.7 Å². The summed E-state index contributed by atoms with van der Waals surface area (Å²) >= 11 is 0. The smallest absolute Gasteiger partial charge is 0.245 e. The highest BCUT2D eigenvalue weighted by Gasteiger charge is 2.31. The summed E-state index contributed by atoms with van der Waals surface area (Å²) in [7, 11) is -3.71. The van der Waals surface area contributed by atoms with E-state index < -0.39 is 10.0 Å². The Morgan fingerprint density at radius 2 is 1.71 bits per heavy atom. The Kier molecular flexibility index (Phi) is 5.90. The quantitative estimate of drug-likeness (QED) is 0.776. The van der Waals surface area contributed by atoms with Gasteiger partial charge in [0, 0.05) is 44.1 Å². The van der Waals surface area contributed by atoms with E-state index in [0.29, 0.717) is 26.2 Å². The van der Waals surface area contributed by atoms with Crippen LogP contribution in [0.25, 0.3) is 0 Å². The number of hydrogen-bond donors (Lipinski definition) is 1. The lowest BCUT2D eigenvalue weighted by Crippen LogP contribution is -2.55. The fourth-order valence-corrected chi connectivity index (χ4v) is 4.94. The molecule has 1 unspecified atom stereocenters. The van der Waals surface area contributed by atoms with Crippen molar-refractivity contribution in [1.82, 2.24) is 4.90 Å². The van der Waals surface area contributed by atoms with Crippen LogP contribution in [0.4, 0.5) is 15.8 Å². The van der Waals surface area contributed by atoms with Gasteiger partial charge in [0.2, 0.25) is 15.9 Å². The molecule has 9 heteroatoms. The van der Waals surface area contributed by atoms with Gasteiger partial charge in [-0.1, -0.05) is 0 Å². The first-order valence-electron chi connectivity index (χ1n) is 10.5. The van der Waals surface area contributed by atoms with Gasteiger partial charge in [-0.05, 0) is 67.8 Å². The number of rotatable bonds is 4. The normalized spacial score (nSPS) is 18.0. The lowest BCUT2D eigenvalue weighted by Gasteiger charge is -2.41. The summed E-state index contributed by atoms with van der Waals surface area (Å²) in [5.41, 5.74) is 2.81. The second kappa shape index (κ2) is 8.47. The van der Waals surface area contributed by atoms with Gasteiger partial charge in [0.05, 0.1) is 4.90 Å². The number of hydrogen-bond acceptors (Lipinski definition) is 5. The summed E-state index contributed by atoms with van der Waals surface area (Å²) in [6.07, 6.45) is 1.73. The molecule has 2 aromatic carbocycles. The molecule has 0 saturated carbocycles. The number of amides is 1. The predicted octanol–water partition coefficient (Wildman–Crippen LogP) is 1.96. The lowest BCUT2D eigenvalue weighted by molar-refractivity contribution is -0.132. The first-order chi connectivity index (χ1) is 14.7. The molecule has 0 radical (unpaired) electrons. The molecular weight excluding hydrogens is 419 g/mol. The van der Waals surface area contributed by atoms with Gasteiger partial charge in [-0.3, -0.25) is 4.79 Å². The van der Waals surface area contributed by atoms with E-state index in [0.717, 1.165) is 36.3 Å². The average Bonchev–Trinajstić information content (AvgIpc) is 2.77. The van der Waals surface area contributed by atoms with Crippen LogP contribution in [0.15, 0.2) is 47.4 Å². The molecule has 31 heavy (non-hydrogen) atoms. The van der Waals surface area contributed by atoms with Crippen molar-refractivity contribution in [3.8, 4) is 0 Å². The molecule has 0 bridgehead atoms. The van der Waals surface area contributed by atoms with Gasteiger partial charge in [-0.15, -0.1) is 0 Å². The molecule has 1 amide bonds. The second-order valence-corrected chi connectivity index (χ2v) is 9.66. The van der Waals surface area contributed by atoms with Gasteiger partial charge < -0.3 is 14.7 Å². The molecule has 2 aliphatic rings. The number of anilines is 2. The van der Waals surface area contributed by atoms with Crippen LogP contribution in [-0.2, 0) is 21.2 Å². The number of benzene rings is 2. The van der Waals surface area contributed by atoms with Crippen LogP contribution in [0, 0.1) is 5.82 Å². The molecule has 7 nitrogen and oxygen atoms in total. The number of sulfonamides is 1. The molecule has 2 aliphatic heterocycles. The van der Waals surface area contributed by atoms with Crippen molar-refractivity contribution in [2.45, 2.75) is 30.7 Å². The van der Waals surface area contributed by atoms with Crippen LogP contribution in [0.2, 0.25) is 0 Å². The standard InChI is InChI=1S/C22H27FN4O3S/c1-16(27-10-2-3-17-15-18(23)4-9-21(17)27)22(28)26-13-11-25(12-14-26)19-5-7-20(8-6-19)31(24,29)30/h4-9,15-16H,2-3,10-14H2,1H3,(H2,24,29,30). The van der Waals surface area contributed by atoms with Crippen LogP contribution in [0.1, 0.15) is 18.9 Å². The third-order valence-electron chi connectivity index (χ3n) is 6.14.